The third-order valence-electron chi connectivity index (χ3n) is 6.04. The molecule has 4 rings (SSSR count). The van der Waals surface area contributed by atoms with Gasteiger partial charge in [-0.1, -0.05) is 30.4 Å². The van der Waals surface area contributed by atoms with E-state index in [4.69, 9.17) is 4.74 Å². The molecule has 2 N–H and O–H groups in total. The number of allylic oxidation sites excluding steroid dienone is 2. The number of fused-ring (bicyclic) bond motifs is 5. The quantitative estimate of drug-likeness (QED) is 0.228. The Morgan fingerprint density at radius 1 is 1.07 bits per heavy atom. The molecule has 4 atom stereocenters. The topological polar surface area (TPSA) is 83.0 Å². The number of likely N-dealkylation sites (tertiary alicyclic amines) is 1. The molecule has 2 fully saturated rings. The standard InChI is InChI=1S/C22H28N4O3/c1-23-22(25-11-13-29-17-6-3-2-4-7-17)24-10-5-12-26-20(27)18-15-8-9-16(14-15)19(18)21(26)28/h2-4,6-9,15-16,18-19H,5,10-14H2,1H3,(H2,23,24,25). The smallest absolute Gasteiger partial charge is 0.233 e. The fraction of sp³-hybridized carbons (Fsp3) is 0.500. The Morgan fingerprint density at radius 3 is 2.38 bits per heavy atom. The first-order chi connectivity index (χ1) is 14.2. The number of hydrogen-bond acceptors (Lipinski definition) is 4. The van der Waals surface area contributed by atoms with E-state index in [9.17, 15) is 9.59 Å². The lowest BCUT2D eigenvalue weighted by molar-refractivity contribution is -0.140. The summed E-state index contributed by atoms with van der Waals surface area (Å²) in [5.74, 6) is 1.89. The Kier molecular flexibility index (Phi) is 5.83. The minimum absolute atomic E-state index is 0.0254. The Morgan fingerprint density at radius 2 is 1.72 bits per heavy atom. The molecule has 1 heterocycles. The predicted octanol–water partition coefficient (Wildman–Crippen LogP) is 1.43. The summed E-state index contributed by atoms with van der Waals surface area (Å²) in [4.78, 5) is 31.0. The fourth-order valence-corrected chi connectivity index (χ4v) is 4.70. The summed E-state index contributed by atoms with van der Waals surface area (Å²) < 4.78 is 5.64. The molecular formula is C22H28N4O3. The molecule has 0 aromatic heterocycles. The normalized spacial score (nSPS) is 27.5. The summed E-state index contributed by atoms with van der Waals surface area (Å²) >= 11 is 0. The van der Waals surface area contributed by atoms with E-state index >= 15 is 0 Å². The van der Waals surface area contributed by atoms with Gasteiger partial charge in [0, 0.05) is 20.1 Å². The van der Waals surface area contributed by atoms with Crippen LogP contribution in [0.3, 0.4) is 0 Å². The van der Waals surface area contributed by atoms with Gasteiger partial charge >= 0.3 is 0 Å². The lowest BCUT2D eigenvalue weighted by Crippen LogP contribution is -2.41. The molecule has 2 amide bonds. The van der Waals surface area contributed by atoms with Crippen LogP contribution in [0.2, 0.25) is 0 Å². The van der Waals surface area contributed by atoms with Gasteiger partial charge in [-0.2, -0.15) is 0 Å². The van der Waals surface area contributed by atoms with Crippen LogP contribution in [0.25, 0.3) is 0 Å². The summed E-state index contributed by atoms with van der Waals surface area (Å²) in [5, 5.41) is 6.42. The van der Waals surface area contributed by atoms with Gasteiger partial charge in [0.15, 0.2) is 5.96 Å². The number of imide groups is 1. The van der Waals surface area contributed by atoms with Gasteiger partial charge < -0.3 is 15.4 Å². The van der Waals surface area contributed by atoms with E-state index in [2.05, 4.69) is 27.8 Å². The first-order valence-corrected chi connectivity index (χ1v) is 10.3. The molecule has 4 unspecified atom stereocenters. The zero-order chi connectivity index (χ0) is 20.2. The van der Waals surface area contributed by atoms with Crippen LogP contribution in [0.15, 0.2) is 47.5 Å². The molecule has 2 aliphatic carbocycles. The minimum atomic E-state index is -0.107. The molecule has 2 bridgehead atoms. The maximum atomic E-state index is 12.7. The molecule has 1 aliphatic heterocycles. The van der Waals surface area contributed by atoms with Gasteiger partial charge in [0.05, 0.1) is 18.4 Å². The van der Waals surface area contributed by atoms with E-state index in [0.29, 0.717) is 38.6 Å². The maximum absolute atomic E-state index is 12.7. The first-order valence-electron chi connectivity index (χ1n) is 10.3. The van der Waals surface area contributed by atoms with Crippen LogP contribution < -0.4 is 15.4 Å². The van der Waals surface area contributed by atoms with Crippen molar-refractivity contribution in [3.05, 3.63) is 42.5 Å². The van der Waals surface area contributed by atoms with Gasteiger partial charge in [-0.3, -0.25) is 19.5 Å². The number of rotatable bonds is 8. The van der Waals surface area contributed by atoms with Gasteiger partial charge in [0.1, 0.15) is 12.4 Å². The van der Waals surface area contributed by atoms with Gasteiger partial charge in [-0.25, -0.2) is 0 Å². The predicted molar refractivity (Wildman–Crippen MR) is 110 cm³/mol. The number of nitrogens with zero attached hydrogens (tertiary/aromatic N) is 2. The van der Waals surface area contributed by atoms with E-state index in [-0.39, 0.29) is 35.5 Å². The molecule has 7 heteroatoms. The number of carbonyl (C=O) groups excluding carboxylic acids is 2. The van der Waals surface area contributed by atoms with E-state index in [1.54, 1.807) is 7.05 Å². The molecule has 1 saturated heterocycles. The lowest BCUT2D eigenvalue weighted by Gasteiger charge is -2.18. The van der Waals surface area contributed by atoms with Gasteiger partial charge in [0.25, 0.3) is 0 Å². The average Bonchev–Trinajstić information content (AvgIpc) is 3.42. The van der Waals surface area contributed by atoms with Crippen molar-refractivity contribution in [2.75, 3.05) is 33.3 Å². The van der Waals surface area contributed by atoms with Crippen LogP contribution in [0.5, 0.6) is 5.75 Å². The van der Waals surface area contributed by atoms with Crippen molar-refractivity contribution in [1.82, 2.24) is 15.5 Å². The van der Waals surface area contributed by atoms with Crippen molar-refractivity contribution >= 4 is 17.8 Å². The lowest BCUT2D eigenvalue weighted by atomic mass is 9.85. The van der Waals surface area contributed by atoms with Crippen LogP contribution >= 0.6 is 0 Å². The maximum Gasteiger partial charge on any atom is 0.233 e. The number of para-hydroxylation sites is 1. The number of aliphatic imine (C=N–C) groups is 1. The molecule has 3 aliphatic rings. The van der Waals surface area contributed by atoms with Gasteiger partial charge in [-0.05, 0) is 36.8 Å². The molecule has 7 nitrogen and oxygen atoms in total. The SMILES string of the molecule is CN=C(NCCCN1C(=O)C2C3C=CC(C3)C2C1=O)NCCOc1ccccc1. The van der Waals surface area contributed by atoms with Gasteiger partial charge in [0.2, 0.25) is 11.8 Å². The minimum Gasteiger partial charge on any atom is -0.492 e. The number of nitrogens with one attached hydrogen (secondary N) is 2. The number of hydrogen-bond donors (Lipinski definition) is 2. The highest BCUT2D eigenvalue weighted by Gasteiger charge is 2.58. The molecule has 1 aromatic carbocycles. The second kappa shape index (κ2) is 8.68. The largest absolute Gasteiger partial charge is 0.492 e. The Hall–Kier alpha value is -2.83. The van der Waals surface area contributed by atoms with Crippen molar-refractivity contribution in [1.29, 1.82) is 0 Å². The van der Waals surface area contributed by atoms with Crippen LogP contribution in [-0.4, -0.2) is 56.0 Å². The number of carbonyl (C=O) groups is 2. The van der Waals surface area contributed by atoms with Crippen molar-refractivity contribution in [3.8, 4) is 5.75 Å². The zero-order valence-electron chi connectivity index (χ0n) is 16.7. The van der Waals surface area contributed by atoms with Crippen molar-refractivity contribution in [2.45, 2.75) is 12.8 Å². The summed E-state index contributed by atoms with van der Waals surface area (Å²) in [7, 11) is 1.71. The second-order valence-corrected chi connectivity index (χ2v) is 7.77. The monoisotopic (exact) mass is 396 g/mol. The van der Waals surface area contributed by atoms with Crippen molar-refractivity contribution in [2.24, 2.45) is 28.7 Å². The average molecular weight is 396 g/mol. The molecule has 1 saturated carbocycles. The zero-order valence-corrected chi connectivity index (χ0v) is 16.7. The third kappa shape index (κ3) is 3.99. The van der Waals surface area contributed by atoms with Crippen molar-refractivity contribution < 1.29 is 14.3 Å². The summed E-state index contributed by atoms with van der Waals surface area (Å²) in [6, 6.07) is 9.67. The second-order valence-electron chi connectivity index (χ2n) is 7.77. The van der Waals surface area contributed by atoms with E-state index in [1.807, 2.05) is 30.3 Å². The highest BCUT2D eigenvalue weighted by Crippen LogP contribution is 2.52. The summed E-state index contributed by atoms with van der Waals surface area (Å²) in [6.07, 6.45) is 5.91. The molecule has 1 aromatic rings. The molecule has 0 spiro atoms. The van der Waals surface area contributed by atoms with Crippen LogP contribution in [0, 0.1) is 23.7 Å². The summed E-state index contributed by atoms with van der Waals surface area (Å²) in [5.41, 5.74) is 0. The number of benzene rings is 1. The highest BCUT2D eigenvalue weighted by molar-refractivity contribution is 6.06. The van der Waals surface area contributed by atoms with Gasteiger partial charge in [-0.15, -0.1) is 0 Å². The van der Waals surface area contributed by atoms with E-state index < -0.39 is 0 Å². The number of amides is 2. The third-order valence-corrected chi connectivity index (χ3v) is 6.04. The Balaban J connectivity index is 1.15. The van der Waals surface area contributed by atoms with E-state index in [0.717, 1.165) is 12.2 Å². The number of guanidine groups is 1. The molecule has 0 radical (unpaired) electrons. The van der Waals surface area contributed by atoms with Crippen LogP contribution in [-0.2, 0) is 9.59 Å². The first kappa shape index (κ1) is 19.5. The summed E-state index contributed by atoms with van der Waals surface area (Å²) in [6.45, 7) is 2.25. The molecule has 29 heavy (non-hydrogen) atoms. The number of ether oxygens (including phenoxy) is 1. The van der Waals surface area contributed by atoms with Crippen LogP contribution in [0.4, 0.5) is 0 Å². The fourth-order valence-electron chi connectivity index (χ4n) is 4.70. The Bertz CT molecular complexity index is 778. The highest BCUT2D eigenvalue weighted by atomic mass is 16.5. The van der Waals surface area contributed by atoms with Crippen LogP contribution in [0.1, 0.15) is 12.8 Å². The van der Waals surface area contributed by atoms with E-state index in [1.165, 1.54) is 4.90 Å². The Labute approximate surface area is 171 Å². The van der Waals surface area contributed by atoms with Crippen molar-refractivity contribution in [3.63, 3.8) is 0 Å². The molecule has 154 valence electrons. The molecular weight excluding hydrogens is 368 g/mol.